The van der Waals surface area contributed by atoms with E-state index in [-0.39, 0.29) is 33.8 Å². The zero-order valence-electron chi connectivity index (χ0n) is 63.4. The standard InChI is InChI=1S/C100H91BN4/c1-96(2,3)77-43-31-69(32-44-77)83-55-75(67-29-27-64(63-102)28-30-67)56-84(70-33-45-78(46-34-70)97(4,5)6)94(83)104-89-53-41-73(65-23-19-17-20-24-65)59-87(89)101-88-60-74(66-25-21-18-22-26-66)42-54-90(88)105(92-62-81(100(13,14)15)61-91(104)93(92)101)95-85(71-35-47-79(48-36-71)98(7,8)9)57-76(68-39-51-82(103-16)52-40-68)58-86(95)72-37-49-80(50-38-72)99(10,11)12/h17-62H,1-15H3. The van der Waals surface area contributed by atoms with Crippen molar-refractivity contribution in [1.29, 1.82) is 5.26 Å². The van der Waals surface area contributed by atoms with Crippen LogP contribution in [0.1, 0.15) is 137 Å². The summed E-state index contributed by atoms with van der Waals surface area (Å²) in [5, 5.41) is 10.2. The first-order valence-electron chi connectivity index (χ1n) is 37.1. The maximum absolute atomic E-state index is 10.2. The fourth-order valence-corrected chi connectivity index (χ4v) is 15.6. The SMILES string of the molecule is [C-]#[N+]c1ccc(-c2cc(-c3ccc(C(C)(C)C)cc3)c(N3c4ccc(-c5ccccc5)cc4B4c5cc(-c6ccccc6)ccc5N(c5c(-c6ccc(C(C)(C)C)cc6)cc(-c6ccc(C#N)cc6)cc5-c5ccc(C(C)(C)C)cc5)c5cc(C(C)(C)C)cc3c54)c(-c3ccc(C(C)(C)C)cc3)c2)cc1. The number of hydrogen-bond acceptors (Lipinski definition) is 3. The topological polar surface area (TPSA) is 34.6 Å². The fourth-order valence-electron chi connectivity index (χ4n) is 15.6. The van der Waals surface area contributed by atoms with Crippen molar-refractivity contribution in [1.82, 2.24) is 0 Å². The van der Waals surface area contributed by atoms with E-state index in [1.165, 1.54) is 44.2 Å². The lowest BCUT2D eigenvalue weighted by Gasteiger charge is -2.46. The molecule has 0 unspecified atom stereocenters. The Morgan fingerprint density at radius 1 is 0.286 bits per heavy atom. The second kappa shape index (κ2) is 26.3. The van der Waals surface area contributed by atoms with Gasteiger partial charge in [0.1, 0.15) is 0 Å². The Kier molecular flexibility index (Phi) is 17.4. The molecule has 0 radical (unpaired) electrons. The quantitative estimate of drug-likeness (QED) is 0.101. The van der Waals surface area contributed by atoms with E-state index in [9.17, 15) is 5.26 Å². The largest absolute Gasteiger partial charge is 0.310 e. The normalized spacial score (nSPS) is 12.8. The summed E-state index contributed by atoms with van der Waals surface area (Å²) >= 11 is 0. The Labute approximate surface area is 623 Å². The lowest BCUT2D eigenvalue weighted by atomic mass is 9.33. The Bertz CT molecular complexity index is 5070. The van der Waals surface area contributed by atoms with Crippen LogP contribution in [-0.4, -0.2) is 6.71 Å². The van der Waals surface area contributed by atoms with Gasteiger partial charge in [0.05, 0.1) is 29.6 Å². The summed E-state index contributed by atoms with van der Waals surface area (Å²) in [6, 6.07) is 107. The summed E-state index contributed by atoms with van der Waals surface area (Å²) in [4.78, 5) is 9.21. The van der Waals surface area contributed by atoms with Crippen LogP contribution in [0.4, 0.5) is 39.8 Å². The van der Waals surface area contributed by atoms with Crippen molar-refractivity contribution >= 4 is 62.9 Å². The highest BCUT2D eigenvalue weighted by atomic mass is 15.2. The zero-order chi connectivity index (χ0) is 73.6. The van der Waals surface area contributed by atoms with Gasteiger partial charge in [0.25, 0.3) is 6.71 Å². The van der Waals surface area contributed by atoms with Crippen LogP contribution in [-0.2, 0) is 27.1 Å². The monoisotopic (exact) mass is 1360 g/mol. The Morgan fingerprint density at radius 3 is 0.867 bits per heavy atom. The van der Waals surface area contributed by atoms with Crippen LogP contribution in [0.15, 0.2) is 279 Å². The number of rotatable bonds is 10. The van der Waals surface area contributed by atoms with Crippen LogP contribution in [0.2, 0.25) is 0 Å². The van der Waals surface area contributed by atoms with Gasteiger partial charge in [0.15, 0.2) is 5.69 Å². The van der Waals surface area contributed by atoms with Gasteiger partial charge < -0.3 is 9.80 Å². The van der Waals surface area contributed by atoms with Crippen molar-refractivity contribution in [3.63, 3.8) is 0 Å². The molecule has 0 fully saturated rings. The van der Waals surface area contributed by atoms with Crippen LogP contribution in [0, 0.1) is 17.9 Å². The summed E-state index contributed by atoms with van der Waals surface area (Å²) in [7, 11) is 0. The summed E-state index contributed by atoms with van der Waals surface area (Å²) in [6.45, 7) is 42.4. The average Bonchev–Trinajstić information content (AvgIpc) is 0.686. The minimum atomic E-state index is -0.359. The minimum Gasteiger partial charge on any atom is -0.310 e. The predicted octanol–water partition coefficient (Wildman–Crippen LogP) is 26.0. The average molecular weight is 1360 g/mol. The van der Waals surface area contributed by atoms with Crippen molar-refractivity contribution in [3.05, 3.63) is 324 Å². The lowest BCUT2D eigenvalue weighted by Crippen LogP contribution is -2.61. The first-order valence-corrected chi connectivity index (χ1v) is 37.1. The molecule has 0 bridgehead atoms. The second-order valence-electron chi connectivity index (χ2n) is 34.1. The molecular formula is C100H91BN4. The second-order valence-corrected chi connectivity index (χ2v) is 34.1. The van der Waals surface area contributed by atoms with Gasteiger partial charge in [-0.1, -0.05) is 322 Å². The Morgan fingerprint density at radius 2 is 0.571 bits per heavy atom. The first kappa shape index (κ1) is 69.2. The van der Waals surface area contributed by atoms with Crippen LogP contribution < -0.4 is 26.2 Å². The van der Waals surface area contributed by atoms with Crippen LogP contribution >= 0.6 is 0 Å². The smallest absolute Gasteiger partial charge is 0.252 e. The van der Waals surface area contributed by atoms with E-state index in [4.69, 9.17) is 6.57 Å². The molecule has 0 saturated carbocycles. The first-order chi connectivity index (χ1) is 50.1. The van der Waals surface area contributed by atoms with Gasteiger partial charge >= 0.3 is 0 Å². The Hall–Kier alpha value is -11.5. The molecule has 4 nitrogen and oxygen atoms in total. The van der Waals surface area contributed by atoms with E-state index >= 15 is 0 Å². The molecule has 0 amide bonds. The van der Waals surface area contributed by atoms with Gasteiger partial charge in [-0.05, 0) is 199 Å². The van der Waals surface area contributed by atoms with Crippen molar-refractivity contribution in [2.75, 3.05) is 9.80 Å². The van der Waals surface area contributed by atoms with Gasteiger partial charge in [-0.25, -0.2) is 4.85 Å². The Balaban J connectivity index is 1.14. The van der Waals surface area contributed by atoms with Crippen LogP contribution in [0.25, 0.3) is 93.9 Å². The van der Waals surface area contributed by atoms with Crippen molar-refractivity contribution in [2.24, 2.45) is 0 Å². The van der Waals surface area contributed by atoms with Crippen molar-refractivity contribution in [2.45, 2.75) is 131 Å². The highest BCUT2D eigenvalue weighted by molar-refractivity contribution is 7.00. The van der Waals surface area contributed by atoms with E-state index in [0.29, 0.717) is 11.3 Å². The van der Waals surface area contributed by atoms with Gasteiger partial charge in [0, 0.05) is 45.0 Å². The van der Waals surface area contributed by atoms with E-state index < -0.39 is 0 Å². The molecule has 2 aliphatic rings. The number of benzene rings is 13. The maximum Gasteiger partial charge on any atom is 0.252 e. The molecule has 0 spiro atoms. The third-order valence-electron chi connectivity index (χ3n) is 21.7. The maximum atomic E-state index is 10.2. The van der Waals surface area contributed by atoms with Gasteiger partial charge in [-0.15, -0.1) is 0 Å². The fraction of sp³-hybridized carbons (Fsp3) is 0.200. The molecular weight excluding hydrogens is 1270 g/mol. The summed E-state index contributed by atoms with van der Waals surface area (Å²) in [5.41, 5.74) is 34.4. The summed E-state index contributed by atoms with van der Waals surface area (Å²) in [5.74, 6) is 0. The summed E-state index contributed by atoms with van der Waals surface area (Å²) < 4.78 is 0. The molecule has 13 aromatic carbocycles. The van der Waals surface area contributed by atoms with Gasteiger partial charge in [-0.2, -0.15) is 5.26 Å². The number of nitrogens with zero attached hydrogens (tertiary/aromatic N) is 4. The number of nitriles is 1. The molecule has 514 valence electrons. The minimum absolute atomic E-state index is 0.0878. The van der Waals surface area contributed by atoms with Gasteiger partial charge in [0.2, 0.25) is 0 Å². The molecule has 0 N–H and O–H groups in total. The number of anilines is 6. The van der Waals surface area contributed by atoms with E-state index in [1.807, 2.05) is 24.3 Å². The van der Waals surface area contributed by atoms with Crippen LogP contribution in [0.5, 0.6) is 0 Å². The molecule has 0 saturated heterocycles. The van der Waals surface area contributed by atoms with Crippen molar-refractivity contribution < 1.29 is 0 Å². The van der Waals surface area contributed by atoms with E-state index in [1.54, 1.807) is 0 Å². The molecule has 5 heteroatoms. The van der Waals surface area contributed by atoms with Gasteiger partial charge in [-0.3, -0.25) is 0 Å². The van der Waals surface area contributed by atoms with E-state index in [2.05, 4.69) is 379 Å². The summed E-state index contributed by atoms with van der Waals surface area (Å²) in [6.07, 6.45) is 0. The van der Waals surface area contributed by atoms with Crippen molar-refractivity contribution in [3.8, 4) is 95.1 Å². The number of hydrogen-bond donors (Lipinski definition) is 0. The van der Waals surface area contributed by atoms with E-state index in [0.717, 1.165) is 123 Å². The molecule has 15 rings (SSSR count). The molecule has 13 aromatic rings. The lowest BCUT2D eigenvalue weighted by molar-refractivity contribution is 0.590. The number of fused-ring (bicyclic) bond motifs is 4. The molecule has 2 heterocycles. The molecule has 0 aromatic heterocycles. The molecule has 0 atom stereocenters. The highest BCUT2D eigenvalue weighted by Crippen LogP contribution is 2.56. The molecule has 105 heavy (non-hydrogen) atoms. The highest BCUT2D eigenvalue weighted by Gasteiger charge is 2.46. The molecule has 0 aliphatic carbocycles. The zero-order valence-corrected chi connectivity index (χ0v) is 63.4. The molecule has 2 aliphatic heterocycles. The predicted molar refractivity (Wildman–Crippen MR) is 448 cm³/mol. The third kappa shape index (κ3) is 13.1. The third-order valence-corrected chi connectivity index (χ3v) is 21.7. The van der Waals surface area contributed by atoms with Crippen LogP contribution in [0.3, 0.4) is 0 Å².